The summed E-state index contributed by atoms with van der Waals surface area (Å²) in [5, 5.41) is 2.90. The number of nitrogens with zero attached hydrogens (tertiary/aromatic N) is 2. The summed E-state index contributed by atoms with van der Waals surface area (Å²) in [5.41, 5.74) is 1.25. The van der Waals surface area contributed by atoms with Crippen molar-refractivity contribution in [3.05, 3.63) is 54.1 Å². The zero-order chi connectivity index (χ0) is 28.3. The molecule has 0 aliphatic heterocycles. The number of nitrogens with one attached hydrogen (secondary N) is 1. The molecule has 0 fully saturated rings. The maximum absolute atomic E-state index is 13.4. The molecule has 1 N–H and O–H groups in total. The molecular weight excluding hydrogens is 506 g/mol. The zero-order valence-corrected chi connectivity index (χ0v) is 24.1. The van der Waals surface area contributed by atoms with Gasteiger partial charge < -0.3 is 19.7 Å². The van der Waals surface area contributed by atoms with Gasteiger partial charge in [0.25, 0.3) is 0 Å². The van der Waals surface area contributed by atoms with Crippen molar-refractivity contribution in [1.82, 2.24) is 10.2 Å². The summed E-state index contributed by atoms with van der Waals surface area (Å²) in [6.45, 7) is 8.74. The maximum Gasteiger partial charge on any atom is 0.242 e. The van der Waals surface area contributed by atoms with Gasteiger partial charge >= 0.3 is 0 Å². The third kappa shape index (κ3) is 9.24. The highest BCUT2D eigenvalue weighted by Gasteiger charge is 2.27. The highest BCUT2D eigenvalue weighted by molar-refractivity contribution is 7.92. The average Bonchev–Trinajstić information content (AvgIpc) is 2.88. The first-order chi connectivity index (χ1) is 18.0. The molecule has 0 saturated carbocycles. The Bertz CT molecular complexity index is 1170. The number of carbonyl (C=O) groups excluding carboxylic acids is 2. The van der Waals surface area contributed by atoms with Crippen LogP contribution in [-0.4, -0.2) is 64.2 Å². The summed E-state index contributed by atoms with van der Waals surface area (Å²) in [7, 11) is -2.06. The van der Waals surface area contributed by atoms with Crippen LogP contribution in [0.5, 0.6) is 11.5 Å². The van der Waals surface area contributed by atoms with E-state index < -0.39 is 16.1 Å². The van der Waals surface area contributed by atoms with Gasteiger partial charge in [-0.05, 0) is 56.0 Å². The maximum atomic E-state index is 13.4. The molecule has 0 bridgehead atoms. The Balaban J connectivity index is 2.22. The van der Waals surface area contributed by atoms with Crippen LogP contribution in [0.4, 0.5) is 5.69 Å². The number of sulfonamides is 1. The lowest BCUT2D eigenvalue weighted by Gasteiger charge is -2.30. The van der Waals surface area contributed by atoms with E-state index in [1.54, 1.807) is 38.3 Å². The van der Waals surface area contributed by atoms with Crippen LogP contribution in [0, 0.1) is 5.92 Å². The quantitative estimate of drug-likeness (QED) is 0.363. The molecule has 0 spiro atoms. The molecular formula is C28H41N3O6S. The number of benzene rings is 2. The molecule has 0 radical (unpaired) electrons. The molecule has 0 aromatic heterocycles. The van der Waals surface area contributed by atoms with Gasteiger partial charge in [0.15, 0.2) is 0 Å². The van der Waals surface area contributed by atoms with Gasteiger partial charge in [-0.15, -0.1) is 0 Å². The smallest absolute Gasteiger partial charge is 0.242 e. The van der Waals surface area contributed by atoms with E-state index >= 15 is 0 Å². The first kappa shape index (κ1) is 31.0. The van der Waals surface area contributed by atoms with Crippen molar-refractivity contribution in [2.75, 3.05) is 37.4 Å². The minimum Gasteiger partial charge on any atom is -0.497 e. The third-order valence-electron chi connectivity index (χ3n) is 5.92. The monoisotopic (exact) mass is 547 g/mol. The molecule has 0 aliphatic carbocycles. The van der Waals surface area contributed by atoms with E-state index in [1.165, 1.54) is 9.21 Å². The van der Waals surface area contributed by atoms with Crippen LogP contribution >= 0.6 is 0 Å². The minimum absolute atomic E-state index is 0.0641. The van der Waals surface area contributed by atoms with E-state index in [4.69, 9.17) is 9.47 Å². The van der Waals surface area contributed by atoms with E-state index in [2.05, 4.69) is 5.32 Å². The van der Waals surface area contributed by atoms with E-state index in [0.717, 1.165) is 11.8 Å². The summed E-state index contributed by atoms with van der Waals surface area (Å²) >= 11 is 0. The standard InChI is InChI=1S/C28H41N3O6S/c1-7-37-26-15-9-8-14-25(26)31(38(6,34)35)17-11-16-27(32)30(22(4)28(33)29-19-21(2)3)20-23-12-10-13-24(18-23)36-5/h8-10,12-15,18,21-22H,7,11,16-17,19-20H2,1-6H3,(H,29,33). The largest absolute Gasteiger partial charge is 0.497 e. The van der Waals surface area contributed by atoms with Crippen LogP contribution in [0.15, 0.2) is 48.5 Å². The van der Waals surface area contributed by atoms with Gasteiger partial charge in [-0.2, -0.15) is 0 Å². The fraction of sp³-hybridized carbons (Fsp3) is 0.500. The molecule has 2 aromatic carbocycles. The van der Waals surface area contributed by atoms with Crippen molar-refractivity contribution in [3.8, 4) is 11.5 Å². The SMILES string of the molecule is CCOc1ccccc1N(CCCC(=O)N(Cc1cccc(OC)c1)C(C)C(=O)NCC(C)C)S(C)(=O)=O. The van der Waals surface area contributed by atoms with Crippen molar-refractivity contribution >= 4 is 27.5 Å². The molecule has 2 amide bonds. The number of carbonyl (C=O) groups is 2. The van der Waals surface area contributed by atoms with E-state index in [0.29, 0.717) is 30.3 Å². The summed E-state index contributed by atoms with van der Waals surface area (Å²) in [6.07, 6.45) is 1.46. The predicted octanol–water partition coefficient (Wildman–Crippen LogP) is 3.83. The number of para-hydroxylation sites is 2. The van der Waals surface area contributed by atoms with Crippen molar-refractivity contribution in [3.63, 3.8) is 0 Å². The lowest BCUT2D eigenvalue weighted by Crippen LogP contribution is -2.48. The number of anilines is 1. The summed E-state index contributed by atoms with van der Waals surface area (Å²) in [4.78, 5) is 27.8. The molecule has 210 valence electrons. The molecule has 10 heteroatoms. The first-order valence-corrected chi connectivity index (χ1v) is 14.7. The van der Waals surface area contributed by atoms with Gasteiger partial charge in [-0.1, -0.05) is 38.1 Å². The molecule has 1 atom stereocenters. The highest BCUT2D eigenvalue weighted by atomic mass is 32.2. The molecule has 0 heterocycles. The Labute approximate surface area is 227 Å². The number of methoxy groups -OCH3 is 1. The van der Waals surface area contributed by atoms with Gasteiger partial charge in [0, 0.05) is 26.1 Å². The Kier molecular flexibility index (Phi) is 11.9. The van der Waals surface area contributed by atoms with Gasteiger partial charge in [-0.25, -0.2) is 8.42 Å². The highest BCUT2D eigenvalue weighted by Crippen LogP contribution is 2.30. The Morgan fingerprint density at radius 2 is 1.76 bits per heavy atom. The van der Waals surface area contributed by atoms with E-state index in [1.807, 2.05) is 45.0 Å². The minimum atomic E-state index is -3.63. The van der Waals surface area contributed by atoms with Crippen molar-refractivity contribution in [2.24, 2.45) is 5.92 Å². The third-order valence-corrected chi connectivity index (χ3v) is 7.10. The summed E-state index contributed by atoms with van der Waals surface area (Å²) in [6, 6.07) is 13.6. The normalized spacial score (nSPS) is 12.1. The van der Waals surface area contributed by atoms with E-state index in [9.17, 15) is 18.0 Å². The van der Waals surface area contributed by atoms with Gasteiger partial charge in [0.2, 0.25) is 21.8 Å². The van der Waals surface area contributed by atoms with E-state index in [-0.39, 0.29) is 43.7 Å². The molecule has 0 aliphatic rings. The Hall–Kier alpha value is -3.27. The Morgan fingerprint density at radius 3 is 2.39 bits per heavy atom. The van der Waals surface area contributed by atoms with Crippen LogP contribution in [0.1, 0.15) is 46.1 Å². The average molecular weight is 548 g/mol. The van der Waals surface area contributed by atoms with Crippen LogP contribution in [0.25, 0.3) is 0 Å². The summed E-state index contributed by atoms with van der Waals surface area (Å²) in [5.74, 6) is 0.908. The van der Waals surface area contributed by atoms with Crippen molar-refractivity contribution < 1.29 is 27.5 Å². The molecule has 0 saturated heterocycles. The van der Waals surface area contributed by atoms with Crippen LogP contribution in [0.2, 0.25) is 0 Å². The van der Waals surface area contributed by atoms with Crippen molar-refractivity contribution in [1.29, 1.82) is 0 Å². The van der Waals surface area contributed by atoms with Crippen LogP contribution < -0.4 is 19.1 Å². The topological polar surface area (TPSA) is 105 Å². The number of hydrogen-bond acceptors (Lipinski definition) is 6. The molecule has 38 heavy (non-hydrogen) atoms. The van der Waals surface area contributed by atoms with Crippen LogP contribution in [-0.2, 0) is 26.2 Å². The first-order valence-electron chi connectivity index (χ1n) is 12.9. The van der Waals surface area contributed by atoms with Crippen molar-refractivity contribution in [2.45, 2.75) is 53.1 Å². The zero-order valence-electron chi connectivity index (χ0n) is 23.3. The van der Waals surface area contributed by atoms with Crippen LogP contribution in [0.3, 0.4) is 0 Å². The molecule has 9 nitrogen and oxygen atoms in total. The number of amides is 2. The fourth-order valence-electron chi connectivity index (χ4n) is 3.93. The van der Waals surface area contributed by atoms with Gasteiger partial charge in [0.05, 0.1) is 25.7 Å². The number of rotatable bonds is 15. The second-order valence-electron chi connectivity index (χ2n) is 9.53. The second kappa shape index (κ2) is 14.6. The predicted molar refractivity (Wildman–Crippen MR) is 150 cm³/mol. The lowest BCUT2D eigenvalue weighted by molar-refractivity contribution is -0.140. The fourth-order valence-corrected chi connectivity index (χ4v) is 4.89. The molecule has 2 aromatic rings. The number of ether oxygens (including phenoxy) is 2. The lowest BCUT2D eigenvalue weighted by atomic mass is 10.1. The number of hydrogen-bond donors (Lipinski definition) is 1. The van der Waals surface area contributed by atoms with Gasteiger partial charge in [0.1, 0.15) is 17.5 Å². The Morgan fingerprint density at radius 1 is 1.05 bits per heavy atom. The molecule has 1 unspecified atom stereocenters. The van der Waals surface area contributed by atoms with Gasteiger partial charge in [-0.3, -0.25) is 13.9 Å². The molecule has 2 rings (SSSR count). The second-order valence-corrected chi connectivity index (χ2v) is 11.4. The summed E-state index contributed by atoms with van der Waals surface area (Å²) < 4.78 is 37.5.